The minimum atomic E-state index is -0.363. The van der Waals surface area contributed by atoms with Gasteiger partial charge in [0.1, 0.15) is 0 Å². The highest BCUT2D eigenvalue weighted by molar-refractivity contribution is 6.42. The predicted octanol–water partition coefficient (Wildman–Crippen LogP) is 2.36. The lowest BCUT2D eigenvalue weighted by atomic mass is 9.84. The normalized spacial score (nSPS) is 20.8. The van der Waals surface area contributed by atoms with Gasteiger partial charge in [-0.15, -0.1) is 0 Å². The second kappa shape index (κ2) is 8.52. The molecule has 1 aliphatic carbocycles. The van der Waals surface area contributed by atoms with Crippen LogP contribution in [0.5, 0.6) is 0 Å². The summed E-state index contributed by atoms with van der Waals surface area (Å²) in [6.45, 7) is 0.494. The topological polar surface area (TPSA) is 84.2 Å². The Hall–Kier alpha value is -1.30. The van der Waals surface area contributed by atoms with Crippen molar-refractivity contribution in [1.82, 2.24) is 10.6 Å². The number of halogens is 2. The van der Waals surface area contributed by atoms with E-state index in [1.807, 2.05) is 0 Å². The van der Waals surface area contributed by atoms with E-state index in [-0.39, 0.29) is 24.4 Å². The molecule has 0 aliphatic heterocycles. The van der Waals surface area contributed by atoms with Gasteiger partial charge < -0.3 is 16.4 Å². The highest BCUT2D eigenvalue weighted by Gasteiger charge is 2.25. The van der Waals surface area contributed by atoms with Crippen LogP contribution >= 0.6 is 23.2 Å². The molecule has 0 bridgehead atoms. The number of carbonyl (C=O) groups is 2. The van der Waals surface area contributed by atoms with Gasteiger partial charge in [0.15, 0.2) is 0 Å². The molecule has 1 aromatic rings. The Morgan fingerprint density at radius 1 is 1.17 bits per heavy atom. The fourth-order valence-electron chi connectivity index (χ4n) is 2.84. The highest BCUT2D eigenvalue weighted by Crippen LogP contribution is 2.24. The number of carbonyl (C=O) groups excluding carboxylic acids is 2. The molecular formula is C16H21Cl2N3O2. The van der Waals surface area contributed by atoms with Crippen LogP contribution in [0.15, 0.2) is 18.2 Å². The molecule has 5 nitrogen and oxygen atoms in total. The smallest absolute Gasteiger partial charge is 0.251 e. The Morgan fingerprint density at radius 3 is 2.61 bits per heavy atom. The van der Waals surface area contributed by atoms with E-state index in [1.54, 1.807) is 12.1 Å². The lowest BCUT2D eigenvalue weighted by Gasteiger charge is -2.31. The van der Waals surface area contributed by atoms with Gasteiger partial charge in [-0.3, -0.25) is 9.59 Å². The van der Waals surface area contributed by atoms with E-state index < -0.39 is 0 Å². The van der Waals surface area contributed by atoms with Crippen molar-refractivity contribution < 1.29 is 9.59 Å². The summed E-state index contributed by atoms with van der Waals surface area (Å²) < 4.78 is 0. The first kappa shape index (κ1) is 18.0. The van der Waals surface area contributed by atoms with E-state index in [0.29, 0.717) is 28.1 Å². The molecular weight excluding hydrogens is 337 g/mol. The van der Waals surface area contributed by atoms with E-state index in [4.69, 9.17) is 28.9 Å². The van der Waals surface area contributed by atoms with Crippen molar-refractivity contribution in [2.45, 2.75) is 31.7 Å². The average Bonchev–Trinajstić information content (AvgIpc) is 2.55. The standard InChI is InChI=1S/C16H21Cl2N3O2/c17-12-6-5-10(7-13(12)18)16(23)20-9-15(22)21-14-4-2-1-3-11(14)8-19/h5-7,11,14H,1-4,8-9,19H2,(H,20,23)(H,21,22). The number of amides is 2. The maximum atomic E-state index is 12.0. The molecule has 4 N–H and O–H groups in total. The largest absolute Gasteiger partial charge is 0.352 e. The van der Waals surface area contributed by atoms with Crippen LogP contribution in [-0.2, 0) is 4.79 Å². The van der Waals surface area contributed by atoms with Gasteiger partial charge in [-0.2, -0.15) is 0 Å². The zero-order valence-electron chi connectivity index (χ0n) is 12.8. The summed E-state index contributed by atoms with van der Waals surface area (Å²) in [4.78, 5) is 24.0. The Kier molecular flexibility index (Phi) is 6.69. The van der Waals surface area contributed by atoms with Gasteiger partial charge in [-0.1, -0.05) is 36.0 Å². The van der Waals surface area contributed by atoms with Crippen LogP contribution in [-0.4, -0.2) is 30.9 Å². The first-order chi connectivity index (χ1) is 11.0. The molecule has 126 valence electrons. The van der Waals surface area contributed by atoms with E-state index in [0.717, 1.165) is 25.7 Å². The molecule has 1 saturated carbocycles. The summed E-state index contributed by atoms with van der Waals surface area (Å²) in [5.41, 5.74) is 6.12. The van der Waals surface area contributed by atoms with Crippen LogP contribution in [0.4, 0.5) is 0 Å². The molecule has 2 amide bonds. The fourth-order valence-corrected chi connectivity index (χ4v) is 3.14. The quantitative estimate of drug-likeness (QED) is 0.756. The van der Waals surface area contributed by atoms with Gasteiger partial charge in [0.05, 0.1) is 16.6 Å². The zero-order chi connectivity index (χ0) is 16.8. The number of nitrogens with two attached hydrogens (primary N) is 1. The summed E-state index contributed by atoms with van der Waals surface area (Å²) in [5, 5.41) is 6.23. The lowest BCUT2D eigenvalue weighted by Crippen LogP contribution is -2.48. The van der Waals surface area contributed by atoms with Crippen molar-refractivity contribution in [2.75, 3.05) is 13.1 Å². The van der Waals surface area contributed by atoms with Crippen molar-refractivity contribution in [3.8, 4) is 0 Å². The lowest BCUT2D eigenvalue weighted by molar-refractivity contribution is -0.121. The van der Waals surface area contributed by atoms with Crippen molar-refractivity contribution in [1.29, 1.82) is 0 Å². The Balaban J connectivity index is 1.83. The third kappa shape index (κ3) is 5.09. The Bertz CT molecular complexity index is 580. The summed E-state index contributed by atoms with van der Waals surface area (Å²) in [6, 6.07) is 4.69. The minimum Gasteiger partial charge on any atom is -0.352 e. The number of rotatable bonds is 5. The summed E-state index contributed by atoms with van der Waals surface area (Å²) in [5.74, 6) is -0.250. The molecule has 7 heteroatoms. The van der Waals surface area contributed by atoms with Gasteiger partial charge >= 0.3 is 0 Å². The third-order valence-electron chi connectivity index (χ3n) is 4.15. The molecule has 0 aromatic heterocycles. The van der Waals surface area contributed by atoms with Crippen molar-refractivity contribution in [2.24, 2.45) is 11.7 Å². The maximum absolute atomic E-state index is 12.0. The maximum Gasteiger partial charge on any atom is 0.251 e. The first-order valence-electron chi connectivity index (χ1n) is 7.74. The summed E-state index contributed by atoms with van der Waals surface area (Å²) in [6.07, 6.45) is 4.23. The summed E-state index contributed by atoms with van der Waals surface area (Å²) >= 11 is 11.7. The van der Waals surface area contributed by atoms with Crippen LogP contribution in [0.2, 0.25) is 10.0 Å². The van der Waals surface area contributed by atoms with Gasteiger partial charge in [0, 0.05) is 11.6 Å². The second-order valence-corrected chi connectivity index (χ2v) is 6.58. The van der Waals surface area contributed by atoms with Crippen molar-refractivity contribution in [3.63, 3.8) is 0 Å². The van der Waals surface area contributed by atoms with E-state index >= 15 is 0 Å². The fraction of sp³-hybridized carbons (Fsp3) is 0.500. The van der Waals surface area contributed by atoms with Crippen molar-refractivity contribution >= 4 is 35.0 Å². The Morgan fingerprint density at radius 2 is 1.91 bits per heavy atom. The number of benzene rings is 1. The molecule has 2 atom stereocenters. The second-order valence-electron chi connectivity index (χ2n) is 5.77. The molecule has 2 rings (SSSR count). The molecule has 0 saturated heterocycles. The van der Waals surface area contributed by atoms with E-state index in [1.165, 1.54) is 6.07 Å². The predicted molar refractivity (Wildman–Crippen MR) is 91.7 cm³/mol. The highest BCUT2D eigenvalue weighted by atomic mass is 35.5. The first-order valence-corrected chi connectivity index (χ1v) is 8.49. The number of hydrogen-bond donors (Lipinski definition) is 3. The molecule has 1 aliphatic rings. The van der Waals surface area contributed by atoms with Gasteiger partial charge in [-0.05, 0) is 43.5 Å². The third-order valence-corrected chi connectivity index (χ3v) is 4.89. The minimum absolute atomic E-state index is 0.0765. The Labute approximate surface area is 145 Å². The molecule has 1 fully saturated rings. The average molecular weight is 358 g/mol. The van der Waals surface area contributed by atoms with Gasteiger partial charge in [0.2, 0.25) is 5.91 Å². The molecule has 2 unspecified atom stereocenters. The SMILES string of the molecule is NCC1CCCCC1NC(=O)CNC(=O)c1ccc(Cl)c(Cl)c1. The molecule has 23 heavy (non-hydrogen) atoms. The van der Waals surface area contributed by atoms with Gasteiger partial charge in [0.25, 0.3) is 5.91 Å². The van der Waals surface area contributed by atoms with Gasteiger partial charge in [-0.25, -0.2) is 0 Å². The van der Waals surface area contributed by atoms with Crippen LogP contribution in [0.3, 0.4) is 0 Å². The molecule has 0 heterocycles. The van der Waals surface area contributed by atoms with E-state index in [9.17, 15) is 9.59 Å². The number of hydrogen-bond acceptors (Lipinski definition) is 3. The monoisotopic (exact) mass is 357 g/mol. The van der Waals surface area contributed by atoms with Crippen LogP contribution in [0.25, 0.3) is 0 Å². The van der Waals surface area contributed by atoms with Crippen LogP contribution < -0.4 is 16.4 Å². The van der Waals surface area contributed by atoms with Crippen LogP contribution in [0.1, 0.15) is 36.0 Å². The van der Waals surface area contributed by atoms with Crippen molar-refractivity contribution in [3.05, 3.63) is 33.8 Å². The zero-order valence-corrected chi connectivity index (χ0v) is 14.3. The molecule has 1 aromatic carbocycles. The molecule has 0 spiro atoms. The summed E-state index contributed by atoms with van der Waals surface area (Å²) in [7, 11) is 0. The van der Waals surface area contributed by atoms with Crippen LogP contribution in [0, 0.1) is 5.92 Å². The van der Waals surface area contributed by atoms with E-state index in [2.05, 4.69) is 10.6 Å². The molecule has 0 radical (unpaired) electrons. The number of nitrogens with one attached hydrogen (secondary N) is 2.